The van der Waals surface area contributed by atoms with E-state index in [0.29, 0.717) is 25.7 Å². The average Bonchev–Trinajstić information content (AvgIpc) is 2.49. The molecule has 1 N–H and O–H groups in total. The maximum atomic E-state index is 12.7. The topological polar surface area (TPSA) is 57.6 Å². The Morgan fingerprint density at radius 1 is 1.13 bits per heavy atom. The van der Waals surface area contributed by atoms with Gasteiger partial charge in [0.1, 0.15) is 0 Å². The van der Waals surface area contributed by atoms with Crippen molar-refractivity contribution in [2.75, 3.05) is 6.54 Å². The quantitative estimate of drug-likeness (QED) is 0.907. The summed E-state index contributed by atoms with van der Waals surface area (Å²) in [4.78, 5) is -0.140. The molecule has 1 aliphatic carbocycles. The largest absolute Gasteiger partial charge is 0.416 e. The van der Waals surface area contributed by atoms with E-state index in [0.717, 1.165) is 24.3 Å². The SMILES string of the molecule is CCN(C1CCC(O)CC1)S(=O)(=O)c1ccc(C(F)(F)F)cc1. The highest BCUT2D eigenvalue weighted by Gasteiger charge is 2.34. The first kappa shape index (κ1) is 18.2. The molecule has 1 saturated carbocycles. The van der Waals surface area contributed by atoms with Gasteiger partial charge in [0.25, 0.3) is 0 Å². The number of rotatable bonds is 4. The number of hydrogen-bond acceptors (Lipinski definition) is 3. The molecule has 0 aliphatic heterocycles. The molecule has 1 aromatic rings. The third-order valence-corrected chi connectivity index (χ3v) is 6.22. The highest BCUT2D eigenvalue weighted by Crippen LogP contribution is 2.31. The summed E-state index contributed by atoms with van der Waals surface area (Å²) in [5.41, 5.74) is -0.875. The second-order valence-electron chi connectivity index (χ2n) is 5.69. The van der Waals surface area contributed by atoms with E-state index in [1.54, 1.807) is 6.92 Å². The van der Waals surface area contributed by atoms with Crippen molar-refractivity contribution in [1.29, 1.82) is 0 Å². The van der Waals surface area contributed by atoms with Crippen LogP contribution >= 0.6 is 0 Å². The molecule has 0 spiro atoms. The van der Waals surface area contributed by atoms with Crippen LogP contribution in [0.5, 0.6) is 0 Å². The lowest BCUT2D eigenvalue weighted by Crippen LogP contribution is -2.42. The molecule has 0 amide bonds. The minimum atomic E-state index is -4.49. The average molecular weight is 351 g/mol. The van der Waals surface area contributed by atoms with E-state index >= 15 is 0 Å². The van der Waals surface area contributed by atoms with Crippen molar-refractivity contribution in [1.82, 2.24) is 4.31 Å². The highest BCUT2D eigenvalue weighted by atomic mass is 32.2. The smallest absolute Gasteiger partial charge is 0.393 e. The zero-order valence-corrected chi connectivity index (χ0v) is 13.6. The van der Waals surface area contributed by atoms with Crippen LogP contribution in [0.1, 0.15) is 38.2 Å². The molecule has 0 radical (unpaired) electrons. The van der Waals surface area contributed by atoms with Crippen LogP contribution < -0.4 is 0 Å². The summed E-state index contributed by atoms with van der Waals surface area (Å²) in [7, 11) is -3.85. The fraction of sp³-hybridized carbons (Fsp3) is 0.600. The predicted octanol–water partition coefficient (Wildman–Crippen LogP) is 3.02. The Kier molecular flexibility index (Phi) is 5.37. The van der Waals surface area contributed by atoms with E-state index in [4.69, 9.17) is 0 Å². The standard InChI is InChI=1S/C15H20F3NO3S/c1-2-19(12-5-7-13(20)8-6-12)23(21,22)14-9-3-11(4-10-14)15(16,17)18/h3-4,9-10,12-13,20H,2,5-8H2,1H3. The molecule has 4 nitrogen and oxygen atoms in total. The minimum Gasteiger partial charge on any atom is -0.393 e. The third-order valence-electron chi connectivity index (χ3n) is 4.17. The van der Waals surface area contributed by atoms with Crippen LogP contribution in [0.4, 0.5) is 13.2 Å². The monoisotopic (exact) mass is 351 g/mol. The van der Waals surface area contributed by atoms with Gasteiger partial charge in [-0.15, -0.1) is 0 Å². The van der Waals surface area contributed by atoms with Crippen LogP contribution in [0, 0.1) is 0 Å². The van der Waals surface area contributed by atoms with Crippen molar-refractivity contribution < 1.29 is 26.7 Å². The van der Waals surface area contributed by atoms with E-state index in [2.05, 4.69) is 0 Å². The van der Waals surface area contributed by atoms with Crippen LogP contribution in [0.3, 0.4) is 0 Å². The van der Waals surface area contributed by atoms with Crippen molar-refractivity contribution in [3.05, 3.63) is 29.8 Å². The normalized spacial score (nSPS) is 23.2. The van der Waals surface area contributed by atoms with Gasteiger partial charge in [-0.2, -0.15) is 17.5 Å². The summed E-state index contributed by atoms with van der Waals surface area (Å²) in [6.45, 7) is 1.94. The van der Waals surface area contributed by atoms with Gasteiger partial charge < -0.3 is 5.11 Å². The first-order valence-corrected chi connectivity index (χ1v) is 8.97. The zero-order chi connectivity index (χ0) is 17.3. The first-order chi connectivity index (χ1) is 10.7. The summed E-state index contributed by atoms with van der Waals surface area (Å²) in [5.74, 6) is 0. The van der Waals surface area contributed by atoms with Gasteiger partial charge in [-0.1, -0.05) is 6.92 Å². The van der Waals surface area contributed by atoms with E-state index in [-0.39, 0.29) is 17.5 Å². The lowest BCUT2D eigenvalue weighted by Gasteiger charge is -2.34. The molecule has 0 atom stereocenters. The Labute approximate surface area is 134 Å². The van der Waals surface area contributed by atoms with Crippen molar-refractivity contribution >= 4 is 10.0 Å². The van der Waals surface area contributed by atoms with Crippen LogP contribution in [-0.4, -0.2) is 36.5 Å². The molecule has 8 heteroatoms. The molecule has 1 aromatic carbocycles. The fourth-order valence-corrected chi connectivity index (χ4v) is 4.62. The van der Waals surface area contributed by atoms with Crippen LogP contribution in [0.15, 0.2) is 29.2 Å². The van der Waals surface area contributed by atoms with Gasteiger partial charge in [-0.3, -0.25) is 0 Å². The number of nitrogens with zero attached hydrogens (tertiary/aromatic N) is 1. The lowest BCUT2D eigenvalue weighted by atomic mass is 9.93. The van der Waals surface area contributed by atoms with Gasteiger partial charge in [0.2, 0.25) is 10.0 Å². The Bertz CT molecular complexity index is 620. The summed E-state index contributed by atoms with van der Waals surface area (Å²) in [5, 5.41) is 9.53. The summed E-state index contributed by atoms with van der Waals surface area (Å²) >= 11 is 0. The van der Waals surface area contributed by atoms with Gasteiger partial charge in [0, 0.05) is 12.6 Å². The highest BCUT2D eigenvalue weighted by molar-refractivity contribution is 7.89. The number of aliphatic hydroxyl groups excluding tert-OH is 1. The summed E-state index contributed by atoms with van der Waals surface area (Å²) in [6.07, 6.45) is -2.73. The number of hydrogen-bond donors (Lipinski definition) is 1. The minimum absolute atomic E-state index is 0.140. The summed E-state index contributed by atoms with van der Waals surface area (Å²) in [6, 6.07) is 3.34. The van der Waals surface area contributed by atoms with Gasteiger partial charge in [0.15, 0.2) is 0 Å². The van der Waals surface area contributed by atoms with E-state index in [1.807, 2.05) is 0 Å². The zero-order valence-electron chi connectivity index (χ0n) is 12.8. The third kappa shape index (κ3) is 4.05. The molecule has 2 rings (SSSR count). The lowest BCUT2D eigenvalue weighted by molar-refractivity contribution is -0.137. The summed E-state index contributed by atoms with van der Waals surface area (Å²) < 4.78 is 64.5. The van der Waals surface area contributed by atoms with Crippen molar-refractivity contribution in [3.8, 4) is 0 Å². The molecular weight excluding hydrogens is 331 g/mol. The van der Waals surface area contributed by atoms with Gasteiger partial charge in [0.05, 0.1) is 16.6 Å². The molecule has 23 heavy (non-hydrogen) atoms. The second-order valence-corrected chi connectivity index (χ2v) is 7.58. The van der Waals surface area contributed by atoms with Crippen LogP contribution in [0.2, 0.25) is 0 Å². The molecule has 1 fully saturated rings. The van der Waals surface area contributed by atoms with E-state index in [9.17, 15) is 26.7 Å². The van der Waals surface area contributed by atoms with Crippen molar-refractivity contribution in [2.24, 2.45) is 0 Å². The van der Waals surface area contributed by atoms with E-state index in [1.165, 1.54) is 4.31 Å². The Balaban J connectivity index is 2.25. The molecule has 130 valence electrons. The molecule has 0 bridgehead atoms. The van der Waals surface area contributed by atoms with Gasteiger partial charge in [-0.25, -0.2) is 8.42 Å². The second kappa shape index (κ2) is 6.78. The molecule has 0 saturated heterocycles. The first-order valence-electron chi connectivity index (χ1n) is 7.53. The van der Waals surface area contributed by atoms with Crippen molar-refractivity contribution in [2.45, 2.75) is 55.8 Å². The molecule has 1 aliphatic rings. The van der Waals surface area contributed by atoms with E-state index < -0.39 is 27.9 Å². The number of benzene rings is 1. The maximum Gasteiger partial charge on any atom is 0.416 e. The Hall–Kier alpha value is -1.12. The molecular formula is C15H20F3NO3S. The Morgan fingerprint density at radius 2 is 1.65 bits per heavy atom. The fourth-order valence-electron chi connectivity index (χ4n) is 2.92. The number of halogens is 3. The number of aliphatic hydroxyl groups is 1. The number of sulfonamides is 1. The van der Waals surface area contributed by atoms with Crippen molar-refractivity contribution in [3.63, 3.8) is 0 Å². The van der Waals surface area contributed by atoms with Crippen LogP contribution in [0.25, 0.3) is 0 Å². The van der Waals surface area contributed by atoms with Gasteiger partial charge in [-0.05, 0) is 49.9 Å². The Morgan fingerprint density at radius 3 is 2.09 bits per heavy atom. The number of alkyl halides is 3. The van der Waals surface area contributed by atoms with Gasteiger partial charge >= 0.3 is 6.18 Å². The maximum absolute atomic E-state index is 12.7. The molecule has 0 heterocycles. The molecule has 0 aromatic heterocycles. The predicted molar refractivity (Wildman–Crippen MR) is 79.3 cm³/mol. The van der Waals surface area contributed by atoms with Crippen LogP contribution in [-0.2, 0) is 16.2 Å². The molecule has 0 unspecified atom stereocenters.